The van der Waals surface area contributed by atoms with Gasteiger partial charge in [-0.2, -0.15) is 0 Å². The summed E-state index contributed by atoms with van der Waals surface area (Å²) in [5.41, 5.74) is 3.01. The van der Waals surface area contributed by atoms with Gasteiger partial charge in [0.25, 0.3) is 0 Å². The van der Waals surface area contributed by atoms with Crippen LogP contribution in [-0.2, 0) is 4.74 Å². The average molecular weight is 385 g/mol. The van der Waals surface area contributed by atoms with Crippen molar-refractivity contribution in [1.82, 2.24) is 0 Å². The highest BCUT2D eigenvalue weighted by Crippen LogP contribution is 2.41. The number of benzene rings is 2. The van der Waals surface area contributed by atoms with E-state index in [0.717, 1.165) is 11.5 Å². The maximum absolute atomic E-state index is 13.5. The maximum Gasteiger partial charge on any atom is 0.159 e. The molecule has 1 aliphatic carbocycles. The van der Waals surface area contributed by atoms with E-state index in [2.05, 4.69) is 19.1 Å². The van der Waals surface area contributed by atoms with E-state index in [-0.39, 0.29) is 0 Å². The Morgan fingerprint density at radius 3 is 2.21 bits per heavy atom. The van der Waals surface area contributed by atoms with Crippen molar-refractivity contribution in [3.05, 3.63) is 59.7 Å². The quantitative estimate of drug-likeness (QED) is 0.527. The number of ether oxygens (including phenoxy) is 1. The van der Waals surface area contributed by atoms with Crippen LogP contribution < -0.4 is 0 Å². The van der Waals surface area contributed by atoms with Crippen molar-refractivity contribution in [3.63, 3.8) is 0 Å². The Labute approximate surface area is 167 Å². The van der Waals surface area contributed by atoms with Crippen LogP contribution >= 0.6 is 0 Å². The molecule has 0 spiro atoms. The van der Waals surface area contributed by atoms with Gasteiger partial charge in [-0.1, -0.05) is 43.7 Å². The monoisotopic (exact) mass is 384 g/mol. The molecule has 2 aliphatic rings. The molecular weight excluding hydrogens is 354 g/mol. The smallest absolute Gasteiger partial charge is 0.159 e. The van der Waals surface area contributed by atoms with Crippen molar-refractivity contribution in [2.75, 3.05) is 0 Å². The Morgan fingerprint density at radius 1 is 0.821 bits per heavy atom. The molecule has 2 aromatic rings. The van der Waals surface area contributed by atoms with Gasteiger partial charge in [0.2, 0.25) is 0 Å². The van der Waals surface area contributed by atoms with Crippen LogP contribution in [0.5, 0.6) is 0 Å². The van der Waals surface area contributed by atoms with Gasteiger partial charge in [-0.25, -0.2) is 8.78 Å². The van der Waals surface area contributed by atoms with E-state index < -0.39 is 11.6 Å². The molecule has 2 unspecified atom stereocenters. The van der Waals surface area contributed by atoms with Crippen LogP contribution in [0.1, 0.15) is 69.8 Å². The Kier molecular flexibility index (Phi) is 6.10. The summed E-state index contributed by atoms with van der Waals surface area (Å²) in [4.78, 5) is 0. The molecule has 3 heteroatoms. The van der Waals surface area contributed by atoms with Crippen LogP contribution in [0, 0.1) is 17.6 Å². The molecular formula is C25H30F2O. The topological polar surface area (TPSA) is 9.23 Å². The van der Waals surface area contributed by atoms with Crippen molar-refractivity contribution in [2.45, 2.75) is 76.4 Å². The zero-order valence-electron chi connectivity index (χ0n) is 16.7. The fraction of sp³-hybridized carbons (Fsp3) is 0.520. The number of hydrogen-bond acceptors (Lipinski definition) is 1. The average Bonchev–Trinajstić information content (AvgIpc) is 3.19. The van der Waals surface area contributed by atoms with E-state index in [1.54, 1.807) is 6.07 Å². The first kappa shape index (κ1) is 19.6. The van der Waals surface area contributed by atoms with Gasteiger partial charge in [0.05, 0.1) is 12.2 Å². The highest BCUT2D eigenvalue weighted by atomic mass is 19.2. The largest absolute Gasteiger partial charge is 0.375 e. The van der Waals surface area contributed by atoms with E-state index in [1.807, 2.05) is 12.1 Å². The molecule has 1 aliphatic heterocycles. The summed E-state index contributed by atoms with van der Waals surface area (Å²) in [6.45, 7) is 2.24. The molecule has 0 radical (unpaired) electrons. The summed E-state index contributed by atoms with van der Waals surface area (Å²) >= 11 is 0. The molecule has 1 heterocycles. The lowest BCUT2D eigenvalue weighted by Crippen LogP contribution is -2.25. The van der Waals surface area contributed by atoms with Gasteiger partial charge in [-0.3, -0.25) is 0 Å². The summed E-state index contributed by atoms with van der Waals surface area (Å²) in [5.74, 6) is -0.276. The molecule has 0 bridgehead atoms. The molecule has 1 nitrogen and oxygen atoms in total. The molecule has 0 N–H and O–H groups in total. The van der Waals surface area contributed by atoms with Crippen molar-refractivity contribution in [1.29, 1.82) is 0 Å². The lowest BCUT2D eigenvalue weighted by atomic mass is 9.76. The van der Waals surface area contributed by atoms with Crippen LogP contribution in [0.25, 0.3) is 11.1 Å². The summed E-state index contributed by atoms with van der Waals surface area (Å²) in [6.07, 6.45) is 10.8. The van der Waals surface area contributed by atoms with E-state index >= 15 is 0 Å². The zero-order chi connectivity index (χ0) is 19.5. The van der Waals surface area contributed by atoms with E-state index in [9.17, 15) is 8.78 Å². The Morgan fingerprint density at radius 2 is 1.54 bits per heavy atom. The first-order chi connectivity index (χ1) is 13.6. The fourth-order valence-corrected chi connectivity index (χ4v) is 5.06. The normalized spacial score (nSPS) is 27.8. The molecule has 2 atom stereocenters. The number of hydrogen-bond donors (Lipinski definition) is 0. The predicted octanol–water partition coefficient (Wildman–Crippen LogP) is 7.25. The molecule has 0 amide bonds. The summed E-state index contributed by atoms with van der Waals surface area (Å²) in [5, 5.41) is 0. The van der Waals surface area contributed by atoms with Gasteiger partial charge in [0, 0.05) is 0 Å². The van der Waals surface area contributed by atoms with Crippen LogP contribution in [0.3, 0.4) is 0 Å². The van der Waals surface area contributed by atoms with Crippen molar-refractivity contribution >= 4 is 0 Å². The summed E-state index contributed by atoms with van der Waals surface area (Å²) in [7, 11) is 0. The lowest BCUT2D eigenvalue weighted by molar-refractivity contribution is -0.00426. The number of rotatable bonds is 5. The maximum atomic E-state index is 13.5. The van der Waals surface area contributed by atoms with Gasteiger partial charge in [0.15, 0.2) is 11.6 Å². The molecule has 0 aromatic heterocycles. The van der Waals surface area contributed by atoms with Crippen molar-refractivity contribution in [3.8, 4) is 11.1 Å². The minimum Gasteiger partial charge on any atom is -0.375 e. The zero-order valence-corrected chi connectivity index (χ0v) is 16.7. The molecule has 1 saturated carbocycles. The Hall–Kier alpha value is -1.74. The van der Waals surface area contributed by atoms with Crippen LogP contribution in [0.15, 0.2) is 42.5 Å². The van der Waals surface area contributed by atoms with Gasteiger partial charge in [-0.15, -0.1) is 0 Å². The van der Waals surface area contributed by atoms with E-state index in [0.29, 0.717) is 23.7 Å². The minimum atomic E-state index is -0.801. The van der Waals surface area contributed by atoms with Gasteiger partial charge in [0.1, 0.15) is 0 Å². The molecule has 150 valence electrons. The third-order valence-corrected chi connectivity index (χ3v) is 6.68. The molecule has 28 heavy (non-hydrogen) atoms. The highest BCUT2D eigenvalue weighted by molar-refractivity contribution is 5.63. The third kappa shape index (κ3) is 4.30. The predicted molar refractivity (Wildman–Crippen MR) is 109 cm³/mol. The molecule has 1 saturated heterocycles. The molecule has 2 fully saturated rings. The van der Waals surface area contributed by atoms with Gasteiger partial charge < -0.3 is 4.74 Å². The van der Waals surface area contributed by atoms with E-state index in [1.165, 1.54) is 69.1 Å². The van der Waals surface area contributed by atoms with E-state index in [4.69, 9.17) is 4.74 Å². The Balaban J connectivity index is 1.34. The van der Waals surface area contributed by atoms with Crippen molar-refractivity contribution in [2.24, 2.45) is 5.92 Å². The van der Waals surface area contributed by atoms with Crippen molar-refractivity contribution < 1.29 is 13.5 Å². The molecule has 4 rings (SSSR count). The minimum absolute atomic E-state index is 0.480. The van der Waals surface area contributed by atoms with Crippen LogP contribution in [0.2, 0.25) is 0 Å². The second kappa shape index (κ2) is 8.73. The third-order valence-electron chi connectivity index (χ3n) is 6.68. The second-order valence-electron chi connectivity index (χ2n) is 8.53. The first-order valence-electron chi connectivity index (χ1n) is 10.8. The SMILES string of the molecule is CCCC1CCC(C2CCC(c3ccc(-c4ccc(F)c(F)c4)cc3)CC2)O1. The summed E-state index contributed by atoms with van der Waals surface area (Å²) < 4.78 is 32.9. The van der Waals surface area contributed by atoms with Crippen LogP contribution in [-0.4, -0.2) is 12.2 Å². The first-order valence-corrected chi connectivity index (χ1v) is 10.8. The number of halogens is 2. The lowest BCUT2D eigenvalue weighted by Gasteiger charge is -2.32. The standard InChI is InChI=1S/C25H30F2O/c1-2-3-22-13-15-25(28-22)20-10-8-18(9-11-20)17-4-6-19(7-5-17)21-12-14-23(26)24(27)16-21/h4-7,12,14,16,18,20,22,25H,2-3,8-11,13,15H2,1H3. The summed E-state index contributed by atoms with van der Waals surface area (Å²) in [6, 6.07) is 12.5. The fourth-order valence-electron chi connectivity index (χ4n) is 5.06. The highest BCUT2D eigenvalue weighted by Gasteiger charge is 2.34. The second-order valence-corrected chi connectivity index (χ2v) is 8.53. The van der Waals surface area contributed by atoms with Crippen LogP contribution in [0.4, 0.5) is 8.78 Å². The molecule has 2 aromatic carbocycles. The van der Waals surface area contributed by atoms with Gasteiger partial charge in [-0.05, 0) is 85.6 Å². The van der Waals surface area contributed by atoms with Gasteiger partial charge >= 0.3 is 0 Å². The Bertz CT molecular complexity index is 778.